The van der Waals surface area contributed by atoms with Crippen LogP contribution in [0.3, 0.4) is 0 Å². The Morgan fingerprint density at radius 2 is 1.96 bits per heavy atom. The second-order valence-corrected chi connectivity index (χ2v) is 6.11. The first kappa shape index (κ1) is 18.0. The van der Waals surface area contributed by atoms with Crippen molar-refractivity contribution in [3.63, 3.8) is 0 Å². The minimum absolute atomic E-state index is 0.319. The molecule has 5 heteroatoms. The van der Waals surface area contributed by atoms with E-state index in [-0.39, 0.29) is 0 Å². The fourth-order valence-corrected chi connectivity index (χ4v) is 2.91. The molecule has 130 valence electrons. The lowest BCUT2D eigenvalue weighted by molar-refractivity contribution is 0.391. The van der Waals surface area contributed by atoms with Gasteiger partial charge in [0.1, 0.15) is 5.76 Å². The maximum atomic E-state index is 5.25. The lowest BCUT2D eigenvalue weighted by atomic mass is 10.00. The van der Waals surface area contributed by atoms with Crippen LogP contribution in [-0.2, 0) is 6.42 Å². The summed E-state index contributed by atoms with van der Waals surface area (Å²) in [6, 6.07) is 10.5. The standard InChI is InChI=1S/C19H28N4O/c1-14(18-15(2)23-24-16(18)3)13-22-19(20-4)21-12-8-11-17-9-6-5-7-10-17/h5-7,9-10,14H,8,11-13H2,1-4H3,(H2,20,21,22). The summed E-state index contributed by atoms with van der Waals surface area (Å²) in [5.41, 5.74) is 3.52. The summed E-state index contributed by atoms with van der Waals surface area (Å²) in [6.45, 7) is 7.80. The lowest BCUT2D eigenvalue weighted by Gasteiger charge is -2.16. The topological polar surface area (TPSA) is 62.5 Å². The normalized spacial score (nSPS) is 12.9. The number of hydrogen-bond donors (Lipinski definition) is 2. The largest absolute Gasteiger partial charge is 0.361 e. The van der Waals surface area contributed by atoms with Gasteiger partial charge in [0.25, 0.3) is 0 Å². The third-order valence-electron chi connectivity index (χ3n) is 4.16. The zero-order valence-corrected chi connectivity index (χ0v) is 15.1. The van der Waals surface area contributed by atoms with Crippen LogP contribution in [0.15, 0.2) is 39.8 Å². The van der Waals surface area contributed by atoms with Gasteiger partial charge in [-0.25, -0.2) is 0 Å². The molecule has 0 amide bonds. The van der Waals surface area contributed by atoms with Crippen molar-refractivity contribution in [2.24, 2.45) is 4.99 Å². The Morgan fingerprint density at radius 1 is 1.21 bits per heavy atom. The molecular formula is C19H28N4O. The van der Waals surface area contributed by atoms with E-state index in [0.29, 0.717) is 5.92 Å². The van der Waals surface area contributed by atoms with E-state index in [9.17, 15) is 0 Å². The van der Waals surface area contributed by atoms with Crippen molar-refractivity contribution in [3.8, 4) is 0 Å². The molecule has 0 aliphatic heterocycles. The highest BCUT2D eigenvalue weighted by molar-refractivity contribution is 5.79. The van der Waals surface area contributed by atoms with Crippen LogP contribution in [0.4, 0.5) is 0 Å². The van der Waals surface area contributed by atoms with E-state index in [1.54, 1.807) is 7.05 Å². The number of aryl methyl sites for hydroxylation is 3. The van der Waals surface area contributed by atoms with Gasteiger partial charge in [-0.3, -0.25) is 4.99 Å². The summed E-state index contributed by atoms with van der Waals surface area (Å²) < 4.78 is 5.25. The molecule has 0 aliphatic carbocycles. The van der Waals surface area contributed by atoms with Gasteiger partial charge in [0.2, 0.25) is 0 Å². The van der Waals surface area contributed by atoms with Gasteiger partial charge in [0.15, 0.2) is 5.96 Å². The van der Waals surface area contributed by atoms with Crippen molar-refractivity contribution in [2.45, 2.75) is 39.5 Å². The number of nitrogens with one attached hydrogen (secondary N) is 2. The second kappa shape index (κ2) is 9.11. The van der Waals surface area contributed by atoms with Crippen molar-refractivity contribution in [3.05, 3.63) is 52.9 Å². The molecule has 0 bridgehead atoms. The number of hydrogen-bond acceptors (Lipinski definition) is 3. The maximum absolute atomic E-state index is 5.25. The molecular weight excluding hydrogens is 300 g/mol. The van der Waals surface area contributed by atoms with Crippen molar-refractivity contribution in [1.29, 1.82) is 0 Å². The molecule has 0 saturated heterocycles. The van der Waals surface area contributed by atoms with Gasteiger partial charge < -0.3 is 15.2 Å². The van der Waals surface area contributed by atoms with Gasteiger partial charge in [-0.15, -0.1) is 0 Å². The number of nitrogens with zero attached hydrogens (tertiary/aromatic N) is 2. The van der Waals surface area contributed by atoms with Gasteiger partial charge in [0, 0.05) is 31.6 Å². The highest BCUT2D eigenvalue weighted by Crippen LogP contribution is 2.22. The monoisotopic (exact) mass is 328 g/mol. The molecule has 0 radical (unpaired) electrons. The predicted molar refractivity (Wildman–Crippen MR) is 98.5 cm³/mol. The van der Waals surface area contributed by atoms with Gasteiger partial charge in [-0.2, -0.15) is 0 Å². The van der Waals surface area contributed by atoms with Crippen LogP contribution in [0, 0.1) is 13.8 Å². The first-order chi connectivity index (χ1) is 11.6. The van der Waals surface area contributed by atoms with E-state index < -0.39 is 0 Å². The van der Waals surface area contributed by atoms with E-state index in [4.69, 9.17) is 4.52 Å². The highest BCUT2D eigenvalue weighted by atomic mass is 16.5. The summed E-state index contributed by atoms with van der Waals surface area (Å²) in [5, 5.41) is 10.8. The molecule has 1 aromatic carbocycles. The number of guanidine groups is 1. The van der Waals surface area contributed by atoms with Crippen molar-refractivity contribution in [2.75, 3.05) is 20.1 Å². The fourth-order valence-electron chi connectivity index (χ4n) is 2.91. The number of rotatable bonds is 7. The van der Waals surface area contributed by atoms with E-state index in [1.165, 1.54) is 11.1 Å². The van der Waals surface area contributed by atoms with Crippen LogP contribution >= 0.6 is 0 Å². The lowest BCUT2D eigenvalue weighted by Crippen LogP contribution is -2.39. The third-order valence-corrected chi connectivity index (χ3v) is 4.16. The average molecular weight is 328 g/mol. The molecule has 2 aromatic rings. The fraction of sp³-hybridized carbons (Fsp3) is 0.474. The van der Waals surface area contributed by atoms with E-state index >= 15 is 0 Å². The minimum Gasteiger partial charge on any atom is -0.361 e. The quantitative estimate of drug-likeness (QED) is 0.465. The number of benzene rings is 1. The molecule has 1 aromatic heterocycles. The zero-order valence-electron chi connectivity index (χ0n) is 15.1. The smallest absolute Gasteiger partial charge is 0.190 e. The predicted octanol–water partition coefficient (Wildman–Crippen LogP) is 3.19. The summed E-state index contributed by atoms with van der Waals surface area (Å²) in [7, 11) is 1.80. The van der Waals surface area contributed by atoms with Crippen molar-refractivity contribution >= 4 is 5.96 Å². The van der Waals surface area contributed by atoms with Crippen LogP contribution in [0.1, 0.15) is 41.8 Å². The summed E-state index contributed by atoms with van der Waals surface area (Å²) >= 11 is 0. The molecule has 0 spiro atoms. The molecule has 1 atom stereocenters. The molecule has 1 unspecified atom stereocenters. The Labute approximate surface area is 144 Å². The third kappa shape index (κ3) is 5.11. The van der Waals surface area contributed by atoms with Gasteiger partial charge in [0.05, 0.1) is 5.69 Å². The SMILES string of the molecule is CN=C(NCCCc1ccccc1)NCC(C)c1c(C)noc1C. The average Bonchev–Trinajstić information content (AvgIpc) is 2.93. The first-order valence-electron chi connectivity index (χ1n) is 8.53. The van der Waals surface area contributed by atoms with Gasteiger partial charge in [-0.05, 0) is 32.3 Å². The molecule has 24 heavy (non-hydrogen) atoms. The van der Waals surface area contributed by atoms with Gasteiger partial charge in [-0.1, -0.05) is 42.4 Å². The Morgan fingerprint density at radius 3 is 2.58 bits per heavy atom. The Hall–Kier alpha value is -2.30. The van der Waals surface area contributed by atoms with Crippen LogP contribution in [0.2, 0.25) is 0 Å². The Balaban J connectivity index is 1.72. The molecule has 0 saturated carbocycles. The Bertz CT molecular complexity index is 629. The summed E-state index contributed by atoms with van der Waals surface area (Å²) in [4.78, 5) is 4.29. The Kier molecular flexibility index (Phi) is 6.85. The van der Waals surface area contributed by atoms with Crippen LogP contribution in [0.25, 0.3) is 0 Å². The zero-order chi connectivity index (χ0) is 17.4. The van der Waals surface area contributed by atoms with E-state index in [2.05, 4.69) is 52.0 Å². The number of aromatic nitrogens is 1. The molecule has 1 heterocycles. The summed E-state index contributed by atoms with van der Waals surface area (Å²) in [6.07, 6.45) is 2.14. The molecule has 2 N–H and O–H groups in total. The van der Waals surface area contributed by atoms with Gasteiger partial charge >= 0.3 is 0 Å². The van der Waals surface area contributed by atoms with Crippen LogP contribution in [-0.4, -0.2) is 31.3 Å². The van der Waals surface area contributed by atoms with Crippen molar-refractivity contribution < 1.29 is 4.52 Å². The molecule has 0 fully saturated rings. The minimum atomic E-state index is 0.319. The second-order valence-electron chi connectivity index (χ2n) is 6.11. The molecule has 5 nitrogen and oxygen atoms in total. The van der Waals surface area contributed by atoms with E-state index in [1.807, 2.05) is 19.9 Å². The number of aliphatic imine (C=N–C) groups is 1. The molecule has 0 aliphatic rings. The molecule has 2 rings (SSSR count). The maximum Gasteiger partial charge on any atom is 0.190 e. The van der Waals surface area contributed by atoms with E-state index in [0.717, 1.165) is 43.3 Å². The van der Waals surface area contributed by atoms with Crippen LogP contribution in [0.5, 0.6) is 0 Å². The first-order valence-corrected chi connectivity index (χ1v) is 8.53. The van der Waals surface area contributed by atoms with Crippen LogP contribution < -0.4 is 10.6 Å². The summed E-state index contributed by atoms with van der Waals surface area (Å²) in [5.74, 6) is 2.05. The van der Waals surface area contributed by atoms with Crippen molar-refractivity contribution in [1.82, 2.24) is 15.8 Å². The highest BCUT2D eigenvalue weighted by Gasteiger charge is 2.16.